The number of nitrogens with one attached hydrogen (secondary N) is 1. The number of nitrogens with zero attached hydrogens (tertiary/aromatic N) is 2. The largest absolute Gasteiger partial charge is 0.383 e. The van der Waals surface area contributed by atoms with Gasteiger partial charge in [-0.3, -0.25) is 4.57 Å². The monoisotopic (exact) mass is 213 g/mol. The second kappa shape index (κ2) is 6.42. The fraction of sp³-hybridized carbons (Fsp3) is 0.700. The van der Waals surface area contributed by atoms with E-state index >= 15 is 0 Å². The number of imidazole rings is 1. The topological polar surface area (TPSA) is 48.2 Å². The van der Waals surface area contributed by atoms with Gasteiger partial charge in [0.05, 0.1) is 6.61 Å². The van der Waals surface area contributed by atoms with Crippen LogP contribution < -0.4 is 11.0 Å². The Balaban J connectivity index is 2.15. The van der Waals surface area contributed by atoms with Crippen molar-refractivity contribution in [2.45, 2.75) is 13.0 Å². The van der Waals surface area contributed by atoms with Gasteiger partial charge in [0.2, 0.25) is 0 Å². The Labute approximate surface area is 89.7 Å². The zero-order valence-corrected chi connectivity index (χ0v) is 9.40. The average molecular weight is 213 g/mol. The SMILES string of the molecule is COCCNCCCn1ccn(C)c1=O. The lowest BCUT2D eigenvalue weighted by Crippen LogP contribution is -2.25. The van der Waals surface area contributed by atoms with Gasteiger partial charge in [-0.05, 0) is 13.0 Å². The van der Waals surface area contributed by atoms with Gasteiger partial charge in [-0.25, -0.2) is 4.79 Å². The summed E-state index contributed by atoms with van der Waals surface area (Å²) in [6, 6.07) is 0. The maximum atomic E-state index is 11.4. The number of rotatable bonds is 7. The van der Waals surface area contributed by atoms with Gasteiger partial charge in [0.25, 0.3) is 0 Å². The predicted octanol–water partition coefficient (Wildman–Crippen LogP) is -0.187. The Kier molecular flexibility index (Phi) is 5.14. The van der Waals surface area contributed by atoms with Crippen molar-refractivity contribution in [3.8, 4) is 0 Å². The van der Waals surface area contributed by atoms with Crippen molar-refractivity contribution < 1.29 is 4.74 Å². The molecule has 1 aromatic rings. The number of ether oxygens (including phenoxy) is 1. The van der Waals surface area contributed by atoms with E-state index in [0.29, 0.717) is 0 Å². The molecule has 0 radical (unpaired) electrons. The zero-order valence-electron chi connectivity index (χ0n) is 9.40. The molecule has 0 saturated carbocycles. The summed E-state index contributed by atoms with van der Waals surface area (Å²) >= 11 is 0. The molecule has 0 spiro atoms. The maximum Gasteiger partial charge on any atom is 0.327 e. The van der Waals surface area contributed by atoms with Crippen molar-refractivity contribution in [3.63, 3.8) is 0 Å². The van der Waals surface area contributed by atoms with Crippen molar-refractivity contribution in [1.82, 2.24) is 14.5 Å². The highest BCUT2D eigenvalue weighted by atomic mass is 16.5. The quantitative estimate of drug-likeness (QED) is 0.639. The molecular formula is C10H19N3O2. The lowest BCUT2D eigenvalue weighted by atomic mass is 10.4. The van der Waals surface area contributed by atoms with Crippen LogP contribution >= 0.6 is 0 Å². The molecule has 0 amide bonds. The fourth-order valence-corrected chi connectivity index (χ4v) is 1.35. The highest BCUT2D eigenvalue weighted by molar-refractivity contribution is 4.79. The zero-order chi connectivity index (χ0) is 11.1. The Morgan fingerprint density at radius 3 is 2.80 bits per heavy atom. The van der Waals surface area contributed by atoms with E-state index in [1.807, 2.05) is 6.20 Å². The van der Waals surface area contributed by atoms with Gasteiger partial charge in [0.15, 0.2) is 0 Å². The first-order valence-corrected chi connectivity index (χ1v) is 5.17. The molecule has 1 N–H and O–H groups in total. The molecular weight excluding hydrogens is 194 g/mol. The lowest BCUT2D eigenvalue weighted by Gasteiger charge is -2.03. The minimum atomic E-state index is 0.0480. The molecule has 15 heavy (non-hydrogen) atoms. The third kappa shape index (κ3) is 3.89. The highest BCUT2D eigenvalue weighted by Gasteiger charge is 1.98. The molecule has 0 bridgehead atoms. The third-order valence-corrected chi connectivity index (χ3v) is 2.25. The van der Waals surface area contributed by atoms with Crippen LogP contribution in [0.2, 0.25) is 0 Å². The molecule has 0 aromatic carbocycles. The van der Waals surface area contributed by atoms with Crippen molar-refractivity contribution in [1.29, 1.82) is 0 Å². The number of aromatic nitrogens is 2. The van der Waals surface area contributed by atoms with Crippen LogP contribution in [0.3, 0.4) is 0 Å². The van der Waals surface area contributed by atoms with Crippen molar-refractivity contribution >= 4 is 0 Å². The van der Waals surface area contributed by atoms with Crippen LogP contribution in [0.4, 0.5) is 0 Å². The summed E-state index contributed by atoms with van der Waals surface area (Å²) in [6.07, 6.45) is 4.55. The van der Waals surface area contributed by atoms with E-state index < -0.39 is 0 Å². The van der Waals surface area contributed by atoms with Crippen LogP contribution in [0.25, 0.3) is 0 Å². The van der Waals surface area contributed by atoms with Crippen LogP contribution in [-0.2, 0) is 18.3 Å². The minimum Gasteiger partial charge on any atom is -0.383 e. The van der Waals surface area contributed by atoms with Gasteiger partial charge in [-0.2, -0.15) is 0 Å². The number of methoxy groups -OCH3 is 1. The summed E-state index contributed by atoms with van der Waals surface area (Å²) in [4.78, 5) is 11.4. The Hall–Kier alpha value is -1.07. The van der Waals surface area contributed by atoms with E-state index in [1.165, 1.54) is 0 Å². The molecule has 1 heterocycles. The van der Waals surface area contributed by atoms with Gasteiger partial charge in [-0.1, -0.05) is 0 Å². The van der Waals surface area contributed by atoms with Gasteiger partial charge >= 0.3 is 5.69 Å². The maximum absolute atomic E-state index is 11.4. The first-order valence-electron chi connectivity index (χ1n) is 5.17. The molecule has 0 aliphatic carbocycles. The van der Waals surface area contributed by atoms with Crippen molar-refractivity contribution in [2.75, 3.05) is 26.8 Å². The number of hydrogen-bond donors (Lipinski definition) is 1. The van der Waals surface area contributed by atoms with Gasteiger partial charge in [0.1, 0.15) is 0 Å². The van der Waals surface area contributed by atoms with E-state index in [-0.39, 0.29) is 5.69 Å². The van der Waals surface area contributed by atoms with Crippen LogP contribution in [0.1, 0.15) is 6.42 Å². The summed E-state index contributed by atoms with van der Waals surface area (Å²) in [5, 5.41) is 3.24. The van der Waals surface area contributed by atoms with Gasteiger partial charge < -0.3 is 14.6 Å². The molecule has 5 heteroatoms. The Morgan fingerprint density at radius 2 is 2.20 bits per heavy atom. The highest BCUT2D eigenvalue weighted by Crippen LogP contribution is 1.86. The molecule has 0 fully saturated rings. The smallest absolute Gasteiger partial charge is 0.327 e. The molecule has 0 unspecified atom stereocenters. The summed E-state index contributed by atoms with van der Waals surface area (Å²) in [5.74, 6) is 0. The molecule has 5 nitrogen and oxygen atoms in total. The molecule has 86 valence electrons. The van der Waals surface area contributed by atoms with Crippen LogP contribution in [0.15, 0.2) is 17.2 Å². The van der Waals surface area contributed by atoms with Gasteiger partial charge in [-0.15, -0.1) is 0 Å². The lowest BCUT2D eigenvalue weighted by molar-refractivity contribution is 0.199. The number of aryl methyl sites for hydroxylation is 2. The van der Waals surface area contributed by atoms with E-state index in [0.717, 1.165) is 32.7 Å². The second-order valence-electron chi connectivity index (χ2n) is 3.48. The summed E-state index contributed by atoms with van der Waals surface area (Å²) < 4.78 is 8.21. The van der Waals surface area contributed by atoms with Crippen LogP contribution in [0.5, 0.6) is 0 Å². The predicted molar refractivity (Wildman–Crippen MR) is 59.0 cm³/mol. The van der Waals surface area contributed by atoms with Crippen molar-refractivity contribution in [2.24, 2.45) is 7.05 Å². The standard InChI is InChI=1S/C10H19N3O2/c1-12-7-8-13(10(12)14)6-3-4-11-5-9-15-2/h7-8,11H,3-6,9H2,1-2H3. The van der Waals surface area contributed by atoms with E-state index in [2.05, 4.69) is 5.32 Å². The minimum absolute atomic E-state index is 0.0480. The molecule has 1 rings (SSSR count). The Morgan fingerprint density at radius 1 is 1.40 bits per heavy atom. The Bertz CT molecular complexity index is 330. The summed E-state index contributed by atoms with van der Waals surface area (Å²) in [7, 11) is 3.45. The molecule has 1 aromatic heterocycles. The fourth-order valence-electron chi connectivity index (χ4n) is 1.35. The van der Waals surface area contributed by atoms with E-state index in [4.69, 9.17) is 4.74 Å². The first-order chi connectivity index (χ1) is 7.25. The average Bonchev–Trinajstić information content (AvgIpc) is 2.54. The molecule has 0 atom stereocenters. The molecule has 0 saturated heterocycles. The summed E-state index contributed by atoms with van der Waals surface area (Å²) in [6.45, 7) is 3.26. The summed E-state index contributed by atoms with van der Waals surface area (Å²) in [5.41, 5.74) is 0.0480. The normalized spacial score (nSPS) is 10.8. The van der Waals surface area contributed by atoms with E-state index in [9.17, 15) is 4.79 Å². The van der Waals surface area contributed by atoms with Crippen molar-refractivity contribution in [3.05, 3.63) is 22.9 Å². The second-order valence-corrected chi connectivity index (χ2v) is 3.48. The van der Waals surface area contributed by atoms with Crippen LogP contribution in [0, 0.1) is 0 Å². The van der Waals surface area contributed by atoms with Gasteiger partial charge in [0, 0.05) is 39.6 Å². The molecule has 0 aliphatic rings. The van der Waals surface area contributed by atoms with E-state index in [1.54, 1.807) is 29.5 Å². The first kappa shape index (κ1) is 12.0. The molecule has 0 aliphatic heterocycles. The number of hydrogen-bond acceptors (Lipinski definition) is 3. The third-order valence-electron chi connectivity index (χ3n) is 2.25. The van der Waals surface area contributed by atoms with Crippen LogP contribution in [-0.4, -0.2) is 35.9 Å².